The van der Waals surface area contributed by atoms with Gasteiger partial charge in [-0.05, 0) is 62.4 Å². The van der Waals surface area contributed by atoms with Crippen LogP contribution in [0.15, 0.2) is 85.2 Å². The van der Waals surface area contributed by atoms with E-state index in [9.17, 15) is 4.79 Å². The molecule has 0 N–H and O–H groups in total. The van der Waals surface area contributed by atoms with E-state index in [1.165, 1.54) is 16.7 Å². The van der Waals surface area contributed by atoms with Crippen LogP contribution in [0.1, 0.15) is 62.8 Å². The average Bonchev–Trinajstić information content (AvgIpc) is 3.51. The van der Waals surface area contributed by atoms with Crippen LogP contribution in [0.25, 0.3) is 11.4 Å². The Hall–Kier alpha value is -4.01. The molecule has 0 unspecified atom stereocenters. The van der Waals surface area contributed by atoms with Gasteiger partial charge in [0, 0.05) is 50.2 Å². The number of piperazine rings is 1. The van der Waals surface area contributed by atoms with Crippen LogP contribution in [-0.4, -0.2) is 69.4 Å². The van der Waals surface area contributed by atoms with Crippen LogP contribution in [-0.2, 0) is 22.6 Å². The van der Waals surface area contributed by atoms with Crippen molar-refractivity contribution in [2.24, 2.45) is 0 Å². The van der Waals surface area contributed by atoms with Gasteiger partial charge < -0.3 is 9.47 Å². The predicted molar refractivity (Wildman–Crippen MR) is 173 cm³/mol. The number of methoxy groups -OCH3 is 1. The minimum Gasteiger partial charge on any atom is -0.497 e. The second-order valence-corrected chi connectivity index (χ2v) is 11.7. The van der Waals surface area contributed by atoms with Gasteiger partial charge in [-0.15, -0.1) is 0 Å². The molecule has 1 aliphatic rings. The molecule has 3 aromatic carbocycles. The zero-order valence-electron chi connectivity index (χ0n) is 26.4. The Kier molecular flexibility index (Phi) is 10.8. The molecular weight excluding hydrogens is 550 g/mol. The zero-order chi connectivity index (χ0) is 30.9. The lowest BCUT2D eigenvalue weighted by molar-refractivity contribution is -0.143. The van der Waals surface area contributed by atoms with Crippen LogP contribution in [0.2, 0.25) is 0 Å². The number of benzene rings is 3. The van der Waals surface area contributed by atoms with Gasteiger partial charge in [-0.1, -0.05) is 66.7 Å². The number of hydrogen-bond donors (Lipinski definition) is 0. The van der Waals surface area contributed by atoms with Gasteiger partial charge >= 0.3 is 5.97 Å². The molecule has 0 amide bonds. The third-order valence-corrected chi connectivity index (χ3v) is 8.54. The van der Waals surface area contributed by atoms with Gasteiger partial charge in [0.05, 0.1) is 19.8 Å². The Labute approximate surface area is 261 Å². The molecule has 2 heterocycles. The summed E-state index contributed by atoms with van der Waals surface area (Å²) in [6, 6.07) is 28.8. The molecule has 1 fully saturated rings. The summed E-state index contributed by atoms with van der Waals surface area (Å²) in [5.41, 5.74) is 4.83. The standard InChI is InChI=1S/C36H45N5O3/c1-5-44-34(42)16-9-10-21-41-36(37-26-38-41)31-19-17-30(18-20-31)35(32-14-11-15-33(22-32)43-4)40-24-27(2)39(23-28(40)3)25-29-12-7-6-8-13-29/h6-8,11-15,17-20,22,26-28,35H,5,9-10,16,21,23-25H2,1-4H3/t27-,28+,35-/m1/s1. The normalized spacial score (nSPS) is 18.2. The lowest BCUT2D eigenvalue weighted by Gasteiger charge is -2.47. The number of carbonyl (C=O) groups excluding carboxylic acids is 1. The van der Waals surface area contributed by atoms with Gasteiger partial charge in [-0.3, -0.25) is 14.6 Å². The number of ether oxygens (including phenoxy) is 2. The van der Waals surface area contributed by atoms with Crippen molar-refractivity contribution in [3.63, 3.8) is 0 Å². The first-order chi connectivity index (χ1) is 21.5. The quantitative estimate of drug-likeness (QED) is 0.131. The highest BCUT2D eigenvalue weighted by molar-refractivity contribution is 5.69. The highest BCUT2D eigenvalue weighted by Gasteiger charge is 2.35. The summed E-state index contributed by atoms with van der Waals surface area (Å²) in [6.45, 7) is 10.5. The molecule has 0 aliphatic carbocycles. The van der Waals surface area contributed by atoms with E-state index in [0.29, 0.717) is 31.7 Å². The summed E-state index contributed by atoms with van der Waals surface area (Å²) < 4.78 is 12.6. The molecule has 0 spiro atoms. The maximum absolute atomic E-state index is 11.7. The lowest BCUT2D eigenvalue weighted by atomic mass is 9.92. The molecular formula is C36H45N5O3. The van der Waals surface area contributed by atoms with Crippen LogP contribution in [0, 0.1) is 0 Å². The van der Waals surface area contributed by atoms with Crippen molar-refractivity contribution >= 4 is 5.97 Å². The van der Waals surface area contributed by atoms with Gasteiger partial charge in [-0.25, -0.2) is 9.67 Å². The summed E-state index contributed by atoms with van der Waals surface area (Å²) in [5, 5.41) is 4.46. The molecule has 8 heteroatoms. The molecule has 1 saturated heterocycles. The molecule has 0 bridgehead atoms. The number of hydrogen-bond acceptors (Lipinski definition) is 7. The topological polar surface area (TPSA) is 72.7 Å². The molecule has 5 rings (SSSR count). The molecule has 1 aliphatic heterocycles. The Morgan fingerprint density at radius 2 is 1.73 bits per heavy atom. The van der Waals surface area contributed by atoms with Gasteiger partial charge in [0.1, 0.15) is 12.1 Å². The summed E-state index contributed by atoms with van der Waals surface area (Å²) >= 11 is 0. The summed E-state index contributed by atoms with van der Waals surface area (Å²) in [7, 11) is 1.73. The van der Waals surface area contributed by atoms with E-state index in [1.54, 1.807) is 13.4 Å². The van der Waals surface area contributed by atoms with Crippen LogP contribution in [0.3, 0.4) is 0 Å². The molecule has 232 valence electrons. The fourth-order valence-corrected chi connectivity index (χ4v) is 6.24. The minimum absolute atomic E-state index is 0.0798. The summed E-state index contributed by atoms with van der Waals surface area (Å²) in [6.07, 6.45) is 3.62. The first-order valence-corrected chi connectivity index (χ1v) is 15.8. The van der Waals surface area contributed by atoms with Crippen molar-refractivity contribution in [3.8, 4) is 17.1 Å². The molecule has 3 atom stereocenters. The highest BCUT2D eigenvalue weighted by atomic mass is 16.5. The van der Waals surface area contributed by atoms with Crippen molar-refractivity contribution in [1.29, 1.82) is 0 Å². The van der Waals surface area contributed by atoms with E-state index in [4.69, 9.17) is 9.47 Å². The van der Waals surface area contributed by atoms with E-state index in [2.05, 4.69) is 107 Å². The maximum Gasteiger partial charge on any atom is 0.305 e. The SMILES string of the molecule is CCOC(=O)CCCCn1ncnc1-c1ccc([C@H](c2cccc(OC)c2)N2C[C@@H](C)N(Cc3ccccc3)C[C@@H]2C)cc1. The maximum atomic E-state index is 11.7. The Morgan fingerprint density at radius 3 is 2.48 bits per heavy atom. The fraction of sp³-hybridized carbons (Fsp3) is 0.417. The molecule has 44 heavy (non-hydrogen) atoms. The van der Waals surface area contributed by atoms with E-state index in [-0.39, 0.29) is 12.0 Å². The molecule has 8 nitrogen and oxygen atoms in total. The van der Waals surface area contributed by atoms with Crippen LogP contribution in [0.4, 0.5) is 0 Å². The largest absolute Gasteiger partial charge is 0.497 e. The first kappa shape index (κ1) is 31.4. The number of aryl methyl sites for hydroxylation is 1. The number of unbranched alkanes of at least 4 members (excludes halogenated alkanes) is 1. The highest BCUT2D eigenvalue weighted by Crippen LogP contribution is 2.36. The molecule has 4 aromatic rings. The second kappa shape index (κ2) is 15.1. The third kappa shape index (κ3) is 7.73. The summed E-state index contributed by atoms with van der Waals surface area (Å²) in [4.78, 5) is 21.5. The Balaban J connectivity index is 1.35. The van der Waals surface area contributed by atoms with E-state index in [1.807, 2.05) is 17.7 Å². The lowest BCUT2D eigenvalue weighted by Crippen LogP contribution is -2.56. The Bertz CT molecular complexity index is 1470. The smallest absolute Gasteiger partial charge is 0.305 e. The fourth-order valence-electron chi connectivity index (χ4n) is 6.24. The minimum atomic E-state index is -0.145. The number of rotatable bonds is 13. The second-order valence-electron chi connectivity index (χ2n) is 11.7. The molecule has 1 aromatic heterocycles. The van der Waals surface area contributed by atoms with Crippen LogP contribution in [0.5, 0.6) is 5.75 Å². The third-order valence-electron chi connectivity index (χ3n) is 8.54. The van der Waals surface area contributed by atoms with E-state index in [0.717, 1.165) is 49.6 Å². The van der Waals surface area contributed by atoms with Crippen molar-refractivity contribution in [2.45, 2.75) is 71.2 Å². The first-order valence-electron chi connectivity index (χ1n) is 15.8. The van der Waals surface area contributed by atoms with Crippen molar-refractivity contribution in [1.82, 2.24) is 24.6 Å². The average molecular weight is 596 g/mol. The van der Waals surface area contributed by atoms with Gasteiger partial charge in [0.2, 0.25) is 0 Å². The number of carbonyl (C=O) groups is 1. The number of esters is 1. The number of aromatic nitrogens is 3. The van der Waals surface area contributed by atoms with E-state index < -0.39 is 0 Å². The summed E-state index contributed by atoms with van der Waals surface area (Å²) in [5.74, 6) is 1.56. The van der Waals surface area contributed by atoms with Crippen LogP contribution < -0.4 is 4.74 Å². The van der Waals surface area contributed by atoms with Gasteiger partial charge in [0.25, 0.3) is 0 Å². The predicted octanol–water partition coefficient (Wildman–Crippen LogP) is 6.37. The van der Waals surface area contributed by atoms with Crippen molar-refractivity contribution in [2.75, 3.05) is 26.8 Å². The Morgan fingerprint density at radius 1 is 0.932 bits per heavy atom. The van der Waals surface area contributed by atoms with E-state index >= 15 is 0 Å². The van der Waals surface area contributed by atoms with Crippen molar-refractivity contribution in [3.05, 3.63) is 102 Å². The monoisotopic (exact) mass is 595 g/mol. The van der Waals surface area contributed by atoms with Crippen molar-refractivity contribution < 1.29 is 14.3 Å². The van der Waals surface area contributed by atoms with Gasteiger partial charge in [-0.2, -0.15) is 5.10 Å². The molecule has 0 radical (unpaired) electrons. The zero-order valence-corrected chi connectivity index (χ0v) is 26.4. The number of nitrogens with zero attached hydrogens (tertiary/aromatic N) is 5. The van der Waals surface area contributed by atoms with Crippen LogP contribution >= 0.6 is 0 Å². The molecule has 0 saturated carbocycles. The van der Waals surface area contributed by atoms with Gasteiger partial charge in [0.15, 0.2) is 5.82 Å².